The van der Waals surface area contributed by atoms with Gasteiger partial charge in [-0.25, -0.2) is 0 Å². The summed E-state index contributed by atoms with van der Waals surface area (Å²) in [4.78, 5) is 0. The summed E-state index contributed by atoms with van der Waals surface area (Å²) < 4.78 is 13.6. The van der Waals surface area contributed by atoms with Crippen molar-refractivity contribution in [1.82, 2.24) is 15.0 Å². The van der Waals surface area contributed by atoms with Gasteiger partial charge in [-0.2, -0.15) is 0 Å². The Morgan fingerprint density at radius 1 is 1.04 bits per heavy atom. The van der Waals surface area contributed by atoms with E-state index in [1.165, 1.54) is 5.56 Å². The van der Waals surface area contributed by atoms with Crippen LogP contribution in [0.15, 0.2) is 36.5 Å². The molecule has 0 unspecified atom stereocenters. The van der Waals surface area contributed by atoms with Crippen LogP contribution in [0.3, 0.4) is 0 Å². The molecule has 1 spiro atoms. The van der Waals surface area contributed by atoms with Crippen molar-refractivity contribution >= 4 is 0 Å². The number of hydrogen-bond donors (Lipinski definition) is 0. The summed E-state index contributed by atoms with van der Waals surface area (Å²) in [5.41, 5.74) is 2.54. The summed E-state index contributed by atoms with van der Waals surface area (Å²) in [7, 11) is 1.92. The average Bonchev–Trinajstić information content (AvgIpc) is 3.21. The highest BCUT2D eigenvalue weighted by Crippen LogP contribution is 2.47. The van der Waals surface area contributed by atoms with Crippen molar-refractivity contribution in [3.05, 3.63) is 47.8 Å². The molecule has 5 nitrogen and oxygen atoms in total. The molecular formula is C18H23N3O2. The minimum absolute atomic E-state index is 0.0951. The zero-order valence-electron chi connectivity index (χ0n) is 13.6. The summed E-state index contributed by atoms with van der Waals surface area (Å²) in [6, 6.07) is 10.8. The lowest BCUT2D eigenvalue weighted by atomic mass is 9.65. The Morgan fingerprint density at radius 3 is 2.35 bits per heavy atom. The molecule has 5 heteroatoms. The maximum absolute atomic E-state index is 5.91. The monoisotopic (exact) mass is 313 g/mol. The predicted molar refractivity (Wildman–Crippen MR) is 85.9 cm³/mol. The Bertz CT molecular complexity index is 652. The Hall–Kier alpha value is -1.72. The van der Waals surface area contributed by atoms with Crippen LogP contribution in [0.5, 0.6) is 0 Å². The van der Waals surface area contributed by atoms with Crippen LogP contribution in [-0.2, 0) is 28.4 Å². The van der Waals surface area contributed by atoms with Crippen molar-refractivity contribution in [3.8, 4) is 0 Å². The van der Waals surface area contributed by atoms with Crippen molar-refractivity contribution < 1.29 is 9.47 Å². The van der Waals surface area contributed by atoms with Gasteiger partial charge in [-0.3, -0.25) is 4.68 Å². The number of ether oxygens (including phenoxy) is 2. The first kappa shape index (κ1) is 14.8. The van der Waals surface area contributed by atoms with Crippen LogP contribution in [0.1, 0.15) is 36.9 Å². The lowest BCUT2D eigenvalue weighted by molar-refractivity contribution is -0.185. The molecule has 0 bridgehead atoms. The van der Waals surface area contributed by atoms with E-state index in [1.807, 2.05) is 13.2 Å². The molecule has 1 aliphatic heterocycles. The molecule has 1 saturated carbocycles. The Morgan fingerprint density at radius 2 is 1.74 bits per heavy atom. The van der Waals surface area contributed by atoms with Gasteiger partial charge in [0, 0.05) is 37.9 Å². The third kappa shape index (κ3) is 2.79. The van der Waals surface area contributed by atoms with Crippen LogP contribution in [0, 0.1) is 0 Å². The van der Waals surface area contributed by atoms with E-state index >= 15 is 0 Å². The van der Waals surface area contributed by atoms with Gasteiger partial charge in [-0.05, 0) is 18.4 Å². The zero-order valence-corrected chi connectivity index (χ0v) is 13.6. The van der Waals surface area contributed by atoms with Crippen molar-refractivity contribution in [3.63, 3.8) is 0 Å². The van der Waals surface area contributed by atoms with Crippen molar-refractivity contribution in [2.75, 3.05) is 13.2 Å². The van der Waals surface area contributed by atoms with Gasteiger partial charge in [0.25, 0.3) is 0 Å². The lowest BCUT2D eigenvalue weighted by Gasteiger charge is -2.44. The molecule has 23 heavy (non-hydrogen) atoms. The number of aryl methyl sites for hydroxylation is 1. The highest BCUT2D eigenvalue weighted by Gasteiger charge is 2.47. The summed E-state index contributed by atoms with van der Waals surface area (Å²) >= 11 is 0. The number of hydrogen-bond acceptors (Lipinski definition) is 4. The van der Waals surface area contributed by atoms with Crippen LogP contribution in [0.25, 0.3) is 0 Å². The zero-order chi connectivity index (χ0) is 15.8. The summed E-state index contributed by atoms with van der Waals surface area (Å²) in [6.45, 7) is 1.45. The molecule has 0 radical (unpaired) electrons. The molecule has 2 aliphatic rings. The third-order valence-corrected chi connectivity index (χ3v) is 5.34. The van der Waals surface area contributed by atoms with Gasteiger partial charge in [0.15, 0.2) is 5.79 Å². The maximum Gasteiger partial charge on any atom is 0.168 e. The standard InChI is InChI=1S/C18H23N3O2/c1-21-14-16(19-20-21)13-17(15-5-3-2-4-6-15)7-9-18(10-8-17)22-11-12-23-18/h2-6,14H,7-13H2,1H3. The first-order valence-corrected chi connectivity index (χ1v) is 8.39. The molecule has 2 aromatic rings. The molecule has 0 amide bonds. The minimum Gasteiger partial charge on any atom is -0.348 e. The highest BCUT2D eigenvalue weighted by molar-refractivity contribution is 5.28. The molecule has 2 fully saturated rings. The number of nitrogens with zero attached hydrogens (tertiary/aromatic N) is 3. The van der Waals surface area contributed by atoms with E-state index in [0.717, 1.165) is 51.0 Å². The average molecular weight is 313 g/mol. The molecule has 2 heterocycles. The maximum atomic E-state index is 5.91. The first-order chi connectivity index (χ1) is 11.2. The Kier molecular flexibility index (Phi) is 3.70. The van der Waals surface area contributed by atoms with E-state index in [1.54, 1.807) is 4.68 Å². The fourth-order valence-electron chi connectivity index (χ4n) is 4.08. The van der Waals surface area contributed by atoms with Gasteiger partial charge >= 0.3 is 0 Å². The number of benzene rings is 1. The molecule has 0 atom stereocenters. The van der Waals surface area contributed by atoms with Gasteiger partial charge in [-0.1, -0.05) is 35.5 Å². The van der Waals surface area contributed by atoms with Gasteiger partial charge in [0.05, 0.1) is 18.9 Å². The molecular weight excluding hydrogens is 290 g/mol. The van der Waals surface area contributed by atoms with Gasteiger partial charge in [-0.15, -0.1) is 5.10 Å². The second-order valence-corrected chi connectivity index (χ2v) is 6.81. The van der Waals surface area contributed by atoms with Crippen LogP contribution in [0.4, 0.5) is 0 Å². The largest absolute Gasteiger partial charge is 0.348 e. The molecule has 1 aromatic heterocycles. The van der Waals surface area contributed by atoms with E-state index in [-0.39, 0.29) is 11.2 Å². The van der Waals surface area contributed by atoms with E-state index in [2.05, 4.69) is 40.6 Å². The van der Waals surface area contributed by atoms with Crippen LogP contribution in [-0.4, -0.2) is 34.0 Å². The lowest BCUT2D eigenvalue weighted by Crippen LogP contribution is -2.43. The van der Waals surface area contributed by atoms with Crippen molar-refractivity contribution in [2.24, 2.45) is 7.05 Å². The molecule has 0 N–H and O–H groups in total. The third-order valence-electron chi connectivity index (χ3n) is 5.34. The second kappa shape index (κ2) is 5.73. The summed E-state index contributed by atoms with van der Waals surface area (Å²) in [6.07, 6.45) is 6.93. The van der Waals surface area contributed by atoms with Crippen molar-refractivity contribution in [2.45, 2.75) is 43.3 Å². The normalized spacial score (nSPS) is 22.5. The van der Waals surface area contributed by atoms with E-state index < -0.39 is 0 Å². The summed E-state index contributed by atoms with van der Waals surface area (Å²) in [5, 5.41) is 8.42. The molecule has 4 rings (SSSR count). The first-order valence-electron chi connectivity index (χ1n) is 8.39. The van der Waals surface area contributed by atoms with Crippen molar-refractivity contribution in [1.29, 1.82) is 0 Å². The topological polar surface area (TPSA) is 49.2 Å². The molecule has 1 aromatic carbocycles. The Balaban J connectivity index is 1.62. The fourth-order valence-corrected chi connectivity index (χ4v) is 4.08. The van der Waals surface area contributed by atoms with E-state index in [4.69, 9.17) is 9.47 Å². The quantitative estimate of drug-likeness (QED) is 0.874. The van der Waals surface area contributed by atoms with Crippen LogP contribution in [0.2, 0.25) is 0 Å². The summed E-state index contributed by atoms with van der Waals surface area (Å²) in [5.74, 6) is -0.333. The minimum atomic E-state index is -0.333. The van der Waals surface area contributed by atoms with Gasteiger partial charge in [0.1, 0.15) is 0 Å². The second-order valence-electron chi connectivity index (χ2n) is 6.81. The van der Waals surface area contributed by atoms with E-state index in [9.17, 15) is 0 Å². The molecule has 1 aliphatic carbocycles. The predicted octanol–water partition coefficient (Wildman–Crippen LogP) is 2.61. The molecule has 122 valence electrons. The van der Waals surface area contributed by atoms with Crippen LogP contribution >= 0.6 is 0 Å². The smallest absolute Gasteiger partial charge is 0.168 e. The molecule has 1 saturated heterocycles. The number of aromatic nitrogens is 3. The fraction of sp³-hybridized carbons (Fsp3) is 0.556. The van der Waals surface area contributed by atoms with Gasteiger partial charge < -0.3 is 9.47 Å². The Labute approximate surface area is 136 Å². The SMILES string of the molecule is Cn1cc(CC2(c3ccccc3)CCC3(CC2)OCCO3)nn1. The van der Waals surface area contributed by atoms with Crippen LogP contribution < -0.4 is 0 Å². The van der Waals surface area contributed by atoms with E-state index in [0.29, 0.717) is 0 Å². The number of rotatable bonds is 3. The van der Waals surface area contributed by atoms with Gasteiger partial charge in [0.2, 0.25) is 0 Å². The highest BCUT2D eigenvalue weighted by atomic mass is 16.7.